The van der Waals surface area contributed by atoms with Gasteiger partial charge in [0.05, 0.1) is 11.4 Å². The Balaban J connectivity index is 1.76. The second-order valence-corrected chi connectivity index (χ2v) is 5.66. The largest absolute Gasteiger partial charge is 0.397 e. The molecule has 1 atom stereocenters. The molecule has 1 saturated heterocycles. The molecule has 0 radical (unpaired) electrons. The molecule has 0 saturated carbocycles. The summed E-state index contributed by atoms with van der Waals surface area (Å²) in [5.74, 6) is 0.0264. The molecule has 5 heteroatoms. The molecule has 1 fully saturated rings. The normalized spacial score (nSPS) is 20.4. The van der Waals surface area contributed by atoms with Crippen molar-refractivity contribution in [2.24, 2.45) is 0 Å². The van der Waals surface area contributed by atoms with Gasteiger partial charge in [-0.05, 0) is 25.6 Å². The van der Waals surface area contributed by atoms with Gasteiger partial charge in [-0.1, -0.05) is 19.1 Å². The number of para-hydroxylation sites is 2. The van der Waals surface area contributed by atoms with Gasteiger partial charge in [-0.15, -0.1) is 0 Å². The van der Waals surface area contributed by atoms with Crippen molar-refractivity contribution in [2.75, 3.05) is 43.8 Å². The lowest BCUT2D eigenvalue weighted by molar-refractivity contribution is -0.116. The van der Waals surface area contributed by atoms with E-state index in [1.165, 1.54) is 0 Å². The van der Waals surface area contributed by atoms with Crippen LogP contribution in [0.2, 0.25) is 0 Å². The summed E-state index contributed by atoms with van der Waals surface area (Å²) in [7, 11) is 0. The Morgan fingerprint density at radius 2 is 2.14 bits per heavy atom. The fourth-order valence-electron chi connectivity index (χ4n) is 2.83. The molecule has 0 spiro atoms. The number of carbonyl (C=O) groups excluding carboxylic acids is 1. The summed E-state index contributed by atoms with van der Waals surface area (Å²) >= 11 is 0. The summed E-state index contributed by atoms with van der Waals surface area (Å²) in [6.07, 6.45) is 0.507. The first-order valence-corrected chi connectivity index (χ1v) is 7.71. The van der Waals surface area contributed by atoms with E-state index >= 15 is 0 Å². The summed E-state index contributed by atoms with van der Waals surface area (Å²) in [4.78, 5) is 16.8. The lowest BCUT2D eigenvalue weighted by Gasteiger charge is -2.39. The number of carbonyl (C=O) groups is 1. The van der Waals surface area contributed by atoms with E-state index in [2.05, 4.69) is 29.0 Å². The molecule has 21 heavy (non-hydrogen) atoms. The van der Waals surface area contributed by atoms with Crippen LogP contribution in [-0.2, 0) is 4.79 Å². The van der Waals surface area contributed by atoms with Gasteiger partial charge in [-0.3, -0.25) is 9.69 Å². The maximum absolute atomic E-state index is 12.0. The van der Waals surface area contributed by atoms with Crippen LogP contribution in [0.1, 0.15) is 20.3 Å². The van der Waals surface area contributed by atoms with Gasteiger partial charge in [0.2, 0.25) is 5.91 Å². The van der Waals surface area contributed by atoms with Crippen molar-refractivity contribution in [3.8, 4) is 0 Å². The zero-order valence-corrected chi connectivity index (χ0v) is 13.0. The fraction of sp³-hybridized carbons (Fsp3) is 0.562. The Morgan fingerprint density at radius 1 is 1.38 bits per heavy atom. The maximum Gasteiger partial charge on any atom is 0.225 e. The molecule has 3 N–H and O–H groups in total. The van der Waals surface area contributed by atoms with Crippen molar-refractivity contribution in [3.05, 3.63) is 24.3 Å². The summed E-state index contributed by atoms with van der Waals surface area (Å²) in [5.41, 5.74) is 7.13. The zero-order valence-electron chi connectivity index (χ0n) is 13.0. The number of anilines is 2. The number of likely N-dealkylation sites (N-methyl/N-ethyl adjacent to an activating group) is 1. The third kappa shape index (κ3) is 4.44. The average molecular weight is 290 g/mol. The quantitative estimate of drug-likeness (QED) is 0.809. The van der Waals surface area contributed by atoms with E-state index in [0.29, 0.717) is 23.8 Å². The zero-order chi connectivity index (χ0) is 15.2. The predicted molar refractivity (Wildman–Crippen MR) is 87.3 cm³/mol. The second-order valence-electron chi connectivity index (χ2n) is 5.66. The molecule has 0 aliphatic carbocycles. The van der Waals surface area contributed by atoms with Crippen molar-refractivity contribution in [1.82, 2.24) is 9.80 Å². The van der Waals surface area contributed by atoms with Gasteiger partial charge in [0.25, 0.3) is 0 Å². The van der Waals surface area contributed by atoms with Crippen LogP contribution in [0.4, 0.5) is 11.4 Å². The molecule has 1 aliphatic heterocycles. The number of benzene rings is 1. The fourth-order valence-corrected chi connectivity index (χ4v) is 2.83. The molecule has 1 heterocycles. The molecular formula is C16H26N4O. The Labute approximate surface area is 127 Å². The molecule has 116 valence electrons. The second kappa shape index (κ2) is 7.43. The van der Waals surface area contributed by atoms with E-state index in [1.807, 2.05) is 18.2 Å². The number of nitrogen functional groups attached to an aromatic ring is 1. The van der Waals surface area contributed by atoms with Gasteiger partial charge in [-0.25, -0.2) is 0 Å². The van der Waals surface area contributed by atoms with Crippen LogP contribution in [-0.4, -0.2) is 54.5 Å². The summed E-state index contributed by atoms with van der Waals surface area (Å²) in [6, 6.07) is 7.92. The molecule has 1 aliphatic rings. The molecule has 1 aromatic carbocycles. The van der Waals surface area contributed by atoms with Crippen molar-refractivity contribution in [3.63, 3.8) is 0 Å². The van der Waals surface area contributed by atoms with E-state index < -0.39 is 0 Å². The summed E-state index contributed by atoms with van der Waals surface area (Å²) < 4.78 is 0. The van der Waals surface area contributed by atoms with Gasteiger partial charge < -0.3 is 16.0 Å². The third-order valence-electron chi connectivity index (χ3n) is 4.15. The minimum Gasteiger partial charge on any atom is -0.397 e. The number of amides is 1. The highest BCUT2D eigenvalue weighted by molar-refractivity contribution is 5.93. The molecule has 0 bridgehead atoms. The van der Waals surface area contributed by atoms with Gasteiger partial charge in [0.15, 0.2) is 0 Å². The molecule has 5 nitrogen and oxygen atoms in total. The Morgan fingerprint density at radius 3 is 2.81 bits per heavy atom. The van der Waals surface area contributed by atoms with Crippen LogP contribution in [0.3, 0.4) is 0 Å². The topological polar surface area (TPSA) is 61.6 Å². The van der Waals surface area contributed by atoms with Crippen LogP contribution in [0, 0.1) is 0 Å². The highest BCUT2D eigenvalue weighted by Gasteiger charge is 2.22. The van der Waals surface area contributed by atoms with E-state index in [1.54, 1.807) is 6.07 Å². The smallest absolute Gasteiger partial charge is 0.225 e. The Bertz CT molecular complexity index is 477. The number of nitrogens with zero attached hydrogens (tertiary/aromatic N) is 2. The molecule has 0 aromatic heterocycles. The molecular weight excluding hydrogens is 264 g/mol. The monoisotopic (exact) mass is 290 g/mol. The van der Waals surface area contributed by atoms with E-state index in [-0.39, 0.29) is 5.91 Å². The Hall–Kier alpha value is -1.59. The minimum absolute atomic E-state index is 0.0264. The van der Waals surface area contributed by atoms with Crippen LogP contribution in [0.25, 0.3) is 0 Å². The number of piperazine rings is 1. The number of hydrogen-bond acceptors (Lipinski definition) is 4. The lowest BCUT2D eigenvalue weighted by atomic mass is 10.2. The summed E-state index contributed by atoms with van der Waals surface area (Å²) in [6.45, 7) is 9.52. The molecule has 1 aromatic rings. The van der Waals surface area contributed by atoms with Crippen molar-refractivity contribution in [1.29, 1.82) is 0 Å². The molecule has 1 amide bonds. The molecule has 1 unspecified atom stereocenters. The molecule has 2 rings (SSSR count). The average Bonchev–Trinajstić information content (AvgIpc) is 2.48. The van der Waals surface area contributed by atoms with Gasteiger partial charge in [0.1, 0.15) is 0 Å². The van der Waals surface area contributed by atoms with E-state index in [0.717, 1.165) is 32.7 Å². The van der Waals surface area contributed by atoms with Crippen LogP contribution in [0.15, 0.2) is 24.3 Å². The summed E-state index contributed by atoms with van der Waals surface area (Å²) in [5, 5.41) is 2.88. The van der Waals surface area contributed by atoms with Crippen LogP contribution in [0.5, 0.6) is 0 Å². The van der Waals surface area contributed by atoms with Crippen molar-refractivity contribution in [2.45, 2.75) is 26.3 Å². The van der Waals surface area contributed by atoms with Crippen LogP contribution < -0.4 is 11.1 Å². The first-order chi connectivity index (χ1) is 10.1. The van der Waals surface area contributed by atoms with Crippen LogP contribution >= 0.6 is 0 Å². The van der Waals surface area contributed by atoms with Gasteiger partial charge in [0, 0.05) is 38.6 Å². The lowest BCUT2D eigenvalue weighted by Crippen LogP contribution is -2.52. The maximum atomic E-state index is 12.0. The van der Waals surface area contributed by atoms with E-state index in [4.69, 9.17) is 5.73 Å². The number of hydrogen-bond donors (Lipinski definition) is 2. The number of nitrogens with two attached hydrogens (primary N) is 1. The van der Waals surface area contributed by atoms with Gasteiger partial charge >= 0.3 is 0 Å². The first-order valence-electron chi connectivity index (χ1n) is 7.71. The first kappa shape index (κ1) is 15.8. The standard InChI is InChI=1S/C16H26N4O/c1-3-20-11-10-19(12-13(20)2)9-8-16(21)18-15-7-5-4-6-14(15)17/h4-7,13H,3,8-12,17H2,1-2H3,(H,18,21). The number of rotatable bonds is 5. The highest BCUT2D eigenvalue weighted by atomic mass is 16.1. The highest BCUT2D eigenvalue weighted by Crippen LogP contribution is 2.17. The van der Waals surface area contributed by atoms with Gasteiger partial charge in [-0.2, -0.15) is 0 Å². The Kier molecular flexibility index (Phi) is 5.59. The number of nitrogens with one attached hydrogen (secondary N) is 1. The third-order valence-corrected chi connectivity index (χ3v) is 4.15. The van der Waals surface area contributed by atoms with Crippen molar-refractivity contribution >= 4 is 17.3 Å². The predicted octanol–water partition coefficient (Wildman–Crippen LogP) is 1.62. The SMILES string of the molecule is CCN1CCN(CCC(=O)Nc2ccccc2N)CC1C. The minimum atomic E-state index is 0.0264. The van der Waals surface area contributed by atoms with Crippen molar-refractivity contribution < 1.29 is 4.79 Å². The van der Waals surface area contributed by atoms with E-state index in [9.17, 15) is 4.79 Å².